The van der Waals surface area contributed by atoms with Crippen LogP contribution in [-0.2, 0) is 6.42 Å². The average Bonchev–Trinajstić information content (AvgIpc) is 3.07. The third-order valence-electron chi connectivity index (χ3n) is 2.97. The van der Waals surface area contributed by atoms with Gasteiger partial charge in [-0.05, 0) is 62.8 Å². The highest BCUT2D eigenvalue weighted by Gasteiger charge is 2.25. The minimum absolute atomic E-state index is 0.392. The largest absolute Gasteiger partial charge is 0.489 e. The van der Waals surface area contributed by atoms with Gasteiger partial charge in [0, 0.05) is 0 Å². The van der Waals surface area contributed by atoms with Crippen LogP contribution >= 0.6 is 11.6 Å². The molecule has 0 bridgehead atoms. The van der Waals surface area contributed by atoms with Gasteiger partial charge in [0.15, 0.2) is 0 Å². The SMILES string of the molecule is Cc1cc(Cl)c(OC2CC2)c(CCCCN)c1. The van der Waals surface area contributed by atoms with E-state index >= 15 is 0 Å². The second-order valence-corrected chi connectivity index (χ2v) is 5.21. The maximum absolute atomic E-state index is 6.27. The van der Waals surface area contributed by atoms with Crippen LogP contribution in [0.25, 0.3) is 0 Å². The molecule has 1 saturated carbocycles. The van der Waals surface area contributed by atoms with E-state index in [0.29, 0.717) is 6.10 Å². The number of halogens is 1. The molecule has 3 heteroatoms. The highest BCUT2D eigenvalue weighted by molar-refractivity contribution is 6.32. The van der Waals surface area contributed by atoms with Crippen LogP contribution in [0.3, 0.4) is 0 Å². The second kappa shape index (κ2) is 5.74. The number of hydrogen-bond donors (Lipinski definition) is 1. The number of rotatable bonds is 6. The van der Waals surface area contributed by atoms with Crippen LogP contribution < -0.4 is 10.5 Å². The van der Waals surface area contributed by atoms with Gasteiger partial charge in [0.25, 0.3) is 0 Å². The van der Waals surface area contributed by atoms with E-state index in [1.54, 1.807) is 0 Å². The van der Waals surface area contributed by atoms with Crippen molar-refractivity contribution >= 4 is 11.6 Å². The molecule has 0 heterocycles. The number of ether oxygens (including phenoxy) is 1. The lowest BCUT2D eigenvalue weighted by atomic mass is 10.0. The minimum atomic E-state index is 0.392. The number of hydrogen-bond acceptors (Lipinski definition) is 2. The highest BCUT2D eigenvalue weighted by atomic mass is 35.5. The number of unbranched alkanes of at least 4 members (excludes halogenated alkanes) is 1. The van der Waals surface area contributed by atoms with Crippen LogP contribution in [0.15, 0.2) is 12.1 Å². The van der Waals surface area contributed by atoms with Crippen molar-refractivity contribution in [2.75, 3.05) is 6.54 Å². The standard InChI is InChI=1S/C14H20ClNO/c1-10-8-11(4-2-3-7-16)14(13(15)9-10)17-12-5-6-12/h8-9,12H,2-7,16H2,1H3. The molecule has 1 aliphatic rings. The zero-order valence-corrected chi connectivity index (χ0v) is 11.1. The van der Waals surface area contributed by atoms with Crippen molar-refractivity contribution in [2.45, 2.75) is 45.1 Å². The normalized spacial score (nSPS) is 15.0. The Labute approximate surface area is 108 Å². The smallest absolute Gasteiger partial charge is 0.141 e. The summed E-state index contributed by atoms with van der Waals surface area (Å²) in [4.78, 5) is 0. The molecule has 0 aliphatic heterocycles. The van der Waals surface area contributed by atoms with Gasteiger partial charge in [0.1, 0.15) is 5.75 Å². The maximum atomic E-state index is 6.27. The molecule has 1 aliphatic carbocycles. The van der Waals surface area contributed by atoms with Crippen LogP contribution in [0.5, 0.6) is 5.75 Å². The van der Waals surface area contributed by atoms with Crippen molar-refractivity contribution in [2.24, 2.45) is 5.73 Å². The van der Waals surface area contributed by atoms with E-state index in [1.807, 2.05) is 6.07 Å². The summed E-state index contributed by atoms with van der Waals surface area (Å²) >= 11 is 6.27. The lowest BCUT2D eigenvalue weighted by Gasteiger charge is -2.13. The predicted molar refractivity (Wildman–Crippen MR) is 71.8 cm³/mol. The minimum Gasteiger partial charge on any atom is -0.489 e. The topological polar surface area (TPSA) is 35.2 Å². The molecular formula is C14H20ClNO. The fourth-order valence-electron chi connectivity index (χ4n) is 1.93. The molecule has 1 aromatic rings. The average molecular weight is 254 g/mol. The van der Waals surface area contributed by atoms with E-state index in [1.165, 1.54) is 11.1 Å². The van der Waals surface area contributed by atoms with E-state index in [2.05, 4.69) is 13.0 Å². The van der Waals surface area contributed by atoms with E-state index < -0.39 is 0 Å². The third-order valence-corrected chi connectivity index (χ3v) is 3.25. The number of nitrogens with two attached hydrogens (primary N) is 1. The highest BCUT2D eigenvalue weighted by Crippen LogP contribution is 2.36. The number of benzene rings is 1. The van der Waals surface area contributed by atoms with Gasteiger partial charge in [-0.3, -0.25) is 0 Å². The first-order valence-electron chi connectivity index (χ1n) is 6.36. The van der Waals surface area contributed by atoms with Gasteiger partial charge in [-0.25, -0.2) is 0 Å². The Hall–Kier alpha value is -0.730. The van der Waals surface area contributed by atoms with E-state index in [0.717, 1.165) is 49.4 Å². The number of aryl methyl sites for hydroxylation is 2. The summed E-state index contributed by atoms with van der Waals surface area (Å²) in [5.41, 5.74) is 7.95. The van der Waals surface area contributed by atoms with Crippen molar-refractivity contribution < 1.29 is 4.74 Å². The van der Waals surface area contributed by atoms with Gasteiger partial charge in [0.05, 0.1) is 11.1 Å². The molecule has 0 unspecified atom stereocenters. The molecule has 2 N–H and O–H groups in total. The Balaban J connectivity index is 2.13. The van der Waals surface area contributed by atoms with Crippen LogP contribution in [0.2, 0.25) is 5.02 Å². The lowest BCUT2D eigenvalue weighted by molar-refractivity contribution is 0.300. The monoisotopic (exact) mass is 253 g/mol. The summed E-state index contributed by atoms with van der Waals surface area (Å²) in [6.45, 7) is 2.82. The summed E-state index contributed by atoms with van der Waals surface area (Å²) in [5, 5.41) is 0.750. The predicted octanol–water partition coefficient (Wildman–Crippen LogP) is 3.47. The molecule has 2 nitrogen and oxygen atoms in total. The summed E-state index contributed by atoms with van der Waals surface area (Å²) in [6.07, 6.45) is 5.86. The summed E-state index contributed by atoms with van der Waals surface area (Å²) < 4.78 is 5.91. The van der Waals surface area contributed by atoms with Gasteiger partial charge < -0.3 is 10.5 Å². The van der Waals surface area contributed by atoms with Gasteiger partial charge in [-0.2, -0.15) is 0 Å². The van der Waals surface area contributed by atoms with Gasteiger partial charge >= 0.3 is 0 Å². The molecule has 1 aromatic carbocycles. The van der Waals surface area contributed by atoms with E-state index in [9.17, 15) is 0 Å². The molecule has 94 valence electrons. The van der Waals surface area contributed by atoms with Crippen molar-refractivity contribution in [3.8, 4) is 5.75 Å². The summed E-state index contributed by atoms with van der Waals surface area (Å²) in [6, 6.07) is 4.16. The van der Waals surface area contributed by atoms with Gasteiger partial charge in [-0.1, -0.05) is 17.7 Å². The van der Waals surface area contributed by atoms with Gasteiger partial charge in [-0.15, -0.1) is 0 Å². The Morgan fingerprint density at radius 2 is 2.12 bits per heavy atom. The fraction of sp³-hybridized carbons (Fsp3) is 0.571. The Bertz CT molecular complexity index is 388. The van der Waals surface area contributed by atoms with Crippen LogP contribution in [0.4, 0.5) is 0 Å². The van der Waals surface area contributed by atoms with E-state index in [4.69, 9.17) is 22.1 Å². The van der Waals surface area contributed by atoms with Crippen LogP contribution in [0, 0.1) is 6.92 Å². The molecular weight excluding hydrogens is 234 g/mol. The third kappa shape index (κ3) is 3.62. The first-order chi connectivity index (χ1) is 8.20. The molecule has 0 radical (unpaired) electrons. The molecule has 17 heavy (non-hydrogen) atoms. The van der Waals surface area contributed by atoms with Crippen molar-refractivity contribution in [1.29, 1.82) is 0 Å². The second-order valence-electron chi connectivity index (χ2n) is 4.80. The lowest BCUT2D eigenvalue weighted by Crippen LogP contribution is -2.03. The van der Waals surface area contributed by atoms with Crippen molar-refractivity contribution in [3.05, 3.63) is 28.3 Å². The molecule has 0 atom stereocenters. The summed E-state index contributed by atoms with van der Waals surface area (Å²) in [7, 11) is 0. The van der Waals surface area contributed by atoms with Crippen molar-refractivity contribution in [1.82, 2.24) is 0 Å². The van der Waals surface area contributed by atoms with Crippen LogP contribution in [0.1, 0.15) is 36.8 Å². The summed E-state index contributed by atoms with van der Waals surface area (Å²) in [5.74, 6) is 0.900. The first-order valence-corrected chi connectivity index (χ1v) is 6.74. The molecule has 1 fully saturated rings. The van der Waals surface area contributed by atoms with E-state index in [-0.39, 0.29) is 0 Å². The first kappa shape index (κ1) is 12.7. The molecule has 2 rings (SSSR count). The van der Waals surface area contributed by atoms with Crippen LogP contribution in [-0.4, -0.2) is 12.6 Å². The Morgan fingerprint density at radius 1 is 1.35 bits per heavy atom. The Morgan fingerprint density at radius 3 is 2.76 bits per heavy atom. The van der Waals surface area contributed by atoms with Crippen molar-refractivity contribution in [3.63, 3.8) is 0 Å². The Kier molecular flexibility index (Phi) is 4.30. The fourth-order valence-corrected chi connectivity index (χ4v) is 2.27. The maximum Gasteiger partial charge on any atom is 0.141 e. The molecule has 0 saturated heterocycles. The quantitative estimate of drug-likeness (QED) is 0.788. The molecule has 0 spiro atoms. The zero-order valence-electron chi connectivity index (χ0n) is 10.3. The van der Waals surface area contributed by atoms with Gasteiger partial charge in [0.2, 0.25) is 0 Å². The molecule has 0 amide bonds. The zero-order chi connectivity index (χ0) is 12.3. The molecule has 0 aromatic heterocycles.